The maximum atomic E-state index is 13.5. The summed E-state index contributed by atoms with van der Waals surface area (Å²) in [6.07, 6.45) is 0. The third kappa shape index (κ3) is 2.22. The molecule has 0 atom stereocenters. The van der Waals surface area contributed by atoms with E-state index < -0.39 is 5.82 Å². The minimum Gasteiger partial charge on any atom is -0.330 e. The Kier molecular flexibility index (Phi) is 3.20. The van der Waals surface area contributed by atoms with Crippen molar-refractivity contribution in [3.8, 4) is 5.69 Å². The predicted molar refractivity (Wildman–Crippen MR) is 81.1 cm³/mol. The van der Waals surface area contributed by atoms with Gasteiger partial charge in [-0.2, -0.15) is 0 Å². The Morgan fingerprint density at radius 2 is 2.05 bits per heavy atom. The zero-order valence-electron chi connectivity index (χ0n) is 9.45. The summed E-state index contributed by atoms with van der Waals surface area (Å²) in [6, 6.07) is 10.6. The quantitative estimate of drug-likeness (QED) is 0.590. The van der Waals surface area contributed by atoms with Crippen LogP contribution in [0.15, 0.2) is 40.9 Å². The number of aromatic nitrogens is 2. The van der Waals surface area contributed by atoms with Gasteiger partial charge in [-0.15, -0.1) is 0 Å². The van der Waals surface area contributed by atoms with E-state index in [1.165, 1.54) is 6.07 Å². The van der Waals surface area contributed by atoms with E-state index in [0.717, 1.165) is 15.7 Å². The maximum Gasteiger partial charge on any atom is 0.182 e. The first-order valence-corrected chi connectivity index (χ1v) is 7.00. The molecule has 6 heteroatoms. The van der Waals surface area contributed by atoms with Crippen LogP contribution in [0.3, 0.4) is 0 Å². The summed E-state index contributed by atoms with van der Waals surface area (Å²) in [7, 11) is 0. The Bertz CT molecular complexity index is 840. The van der Waals surface area contributed by atoms with E-state index >= 15 is 0 Å². The molecule has 0 amide bonds. The summed E-state index contributed by atoms with van der Waals surface area (Å²) in [5.74, 6) is -0.466. The smallest absolute Gasteiger partial charge is 0.182 e. The number of hydrogen-bond donors (Lipinski definition) is 1. The lowest BCUT2D eigenvalue weighted by molar-refractivity contribution is 0.630. The fourth-order valence-corrected chi connectivity index (χ4v) is 2.83. The number of rotatable bonds is 1. The van der Waals surface area contributed by atoms with Crippen molar-refractivity contribution in [2.24, 2.45) is 0 Å². The van der Waals surface area contributed by atoms with Crippen LogP contribution in [0.5, 0.6) is 0 Å². The first-order chi connectivity index (χ1) is 9.06. The molecule has 0 spiro atoms. The van der Waals surface area contributed by atoms with Gasteiger partial charge in [0, 0.05) is 16.2 Å². The number of benzene rings is 2. The van der Waals surface area contributed by atoms with Gasteiger partial charge >= 0.3 is 0 Å². The van der Waals surface area contributed by atoms with Crippen molar-refractivity contribution in [3.63, 3.8) is 0 Å². The Hall–Kier alpha value is -1.17. The molecule has 0 aliphatic rings. The van der Waals surface area contributed by atoms with Crippen LogP contribution in [-0.4, -0.2) is 9.55 Å². The summed E-state index contributed by atoms with van der Waals surface area (Å²) in [5, 5.41) is 0.0743. The molecular weight excluding hydrogens is 351 g/mol. The number of nitrogens with zero attached hydrogens (tertiary/aromatic N) is 1. The number of halogens is 3. The van der Waals surface area contributed by atoms with Gasteiger partial charge < -0.3 is 4.98 Å². The Labute approximate surface area is 127 Å². The van der Waals surface area contributed by atoms with Gasteiger partial charge in [0.05, 0.1) is 16.1 Å². The molecule has 3 rings (SSSR count). The fourth-order valence-electron chi connectivity index (χ4n) is 1.97. The van der Waals surface area contributed by atoms with Crippen molar-refractivity contribution in [3.05, 3.63) is 56.5 Å². The van der Waals surface area contributed by atoms with Crippen LogP contribution in [-0.2, 0) is 0 Å². The van der Waals surface area contributed by atoms with Crippen LogP contribution in [0, 0.1) is 10.6 Å². The first-order valence-electron chi connectivity index (χ1n) is 5.42. The molecule has 1 N–H and O–H groups in total. The van der Waals surface area contributed by atoms with Gasteiger partial charge in [0.1, 0.15) is 5.82 Å². The first kappa shape index (κ1) is 12.8. The van der Waals surface area contributed by atoms with Gasteiger partial charge in [0.15, 0.2) is 4.77 Å². The molecule has 0 aliphatic heterocycles. The fraction of sp³-hybridized carbons (Fsp3) is 0. The van der Waals surface area contributed by atoms with Gasteiger partial charge in [-0.25, -0.2) is 4.39 Å². The number of imidazole rings is 1. The summed E-state index contributed by atoms with van der Waals surface area (Å²) in [6.45, 7) is 0. The Morgan fingerprint density at radius 1 is 1.26 bits per heavy atom. The van der Waals surface area contributed by atoms with Crippen molar-refractivity contribution < 1.29 is 4.39 Å². The SMILES string of the molecule is Fc1cc2[nH]c(=S)n(-c3cccc(Br)c3)c2cc1Cl. The van der Waals surface area contributed by atoms with E-state index in [0.29, 0.717) is 10.3 Å². The molecule has 0 saturated heterocycles. The van der Waals surface area contributed by atoms with Gasteiger partial charge in [-0.05, 0) is 36.5 Å². The highest BCUT2D eigenvalue weighted by Gasteiger charge is 2.10. The molecule has 0 saturated carbocycles. The second-order valence-corrected chi connectivity index (χ2v) is 5.74. The molecule has 2 nitrogen and oxygen atoms in total. The molecular formula is C13H7BrClFN2S. The standard InChI is InChI=1S/C13H7BrClFN2S/c14-7-2-1-3-8(4-7)18-12-5-9(15)10(16)6-11(12)17-13(18)19/h1-6H,(H,17,19). The van der Waals surface area contributed by atoms with Crippen molar-refractivity contribution in [1.29, 1.82) is 0 Å². The molecule has 96 valence electrons. The molecule has 0 bridgehead atoms. The van der Waals surface area contributed by atoms with Crippen molar-refractivity contribution in [1.82, 2.24) is 9.55 Å². The average Bonchev–Trinajstić information content (AvgIpc) is 2.65. The molecule has 0 radical (unpaired) electrons. The van der Waals surface area contributed by atoms with Crippen LogP contribution in [0.2, 0.25) is 5.02 Å². The van der Waals surface area contributed by atoms with Crippen molar-refractivity contribution in [2.45, 2.75) is 0 Å². The molecule has 0 aliphatic carbocycles. The highest BCUT2D eigenvalue weighted by atomic mass is 79.9. The van der Waals surface area contributed by atoms with E-state index in [4.69, 9.17) is 23.8 Å². The molecule has 0 unspecified atom stereocenters. The molecule has 2 aromatic carbocycles. The molecule has 1 aromatic heterocycles. The lowest BCUT2D eigenvalue weighted by Gasteiger charge is -2.05. The minimum atomic E-state index is -0.466. The predicted octanol–water partition coefficient (Wildman–Crippen LogP) is 5.24. The van der Waals surface area contributed by atoms with Gasteiger partial charge in [0.25, 0.3) is 0 Å². The van der Waals surface area contributed by atoms with Crippen LogP contribution >= 0.6 is 39.7 Å². The molecule has 0 fully saturated rings. The van der Waals surface area contributed by atoms with Crippen LogP contribution in [0.1, 0.15) is 0 Å². The van der Waals surface area contributed by atoms with Crippen LogP contribution < -0.4 is 0 Å². The largest absolute Gasteiger partial charge is 0.330 e. The van der Waals surface area contributed by atoms with Gasteiger partial charge in [0.2, 0.25) is 0 Å². The van der Waals surface area contributed by atoms with E-state index in [1.807, 2.05) is 28.8 Å². The second kappa shape index (κ2) is 4.74. The average molecular weight is 358 g/mol. The topological polar surface area (TPSA) is 20.7 Å². The third-order valence-electron chi connectivity index (χ3n) is 2.79. The summed E-state index contributed by atoms with van der Waals surface area (Å²) < 4.78 is 16.7. The molecule has 1 heterocycles. The van der Waals surface area contributed by atoms with E-state index in [2.05, 4.69) is 20.9 Å². The molecule has 19 heavy (non-hydrogen) atoms. The minimum absolute atomic E-state index is 0.0743. The number of hydrogen-bond acceptors (Lipinski definition) is 1. The lowest BCUT2D eigenvalue weighted by Crippen LogP contribution is -1.93. The van der Waals surface area contributed by atoms with Crippen LogP contribution in [0.25, 0.3) is 16.7 Å². The number of aromatic amines is 1. The number of H-pyrrole nitrogens is 1. The van der Waals surface area contributed by atoms with Crippen molar-refractivity contribution >= 4 is 50.8 Å². The summed E-state index contributed by atoms with van der Waals surface area (Å²) >= 11 is 14.6. The number of fused-ring (bicyclic) bond motifs is 1. The Balaban J connectivity index is 2.38. The molecule has 3 aromatic rings. The van der Waals surface area contributed by atoms with Gasteiger partial charge in [-0.3, -0.25) is 4.57 Å². The van der Waals surface area contributed by atoms with Crippen LogP contribution in [0.4, 0.5) is 4.39 Å². The Morgan fingerprint density at radius 3 is 2.79 bits per heavy atom. The zero-order valence-corrected chi connectivity index (χ0v) is 12.6. The monoisotopic (exact) mass is 356 g/mol. The second-order valence-electron chi connectivity index (χ2n) is 4.03. The maximum absolute atomic E-state index is 13.5. The number of nitrogens with one attached hydrogen (secondary N) is 1. The van der Waals surface area contributed by atoms with Gasteiger partial charge in [-0.1, -0.05) is 33.6 Å². The zero-order chi connectivity index (χ0) is 13.6. The summed E-state index contributed by atoms with van der Waals surface area (Å²) in [5.41, 5.74) is 2.25. The van der Waals surface area contributed by atoms with E-state index in [9.17, 15) is 4.39 Å². The highest BCUT2D eigenvalue weighted by molar-refractivity contribution is 9.10. The van der Waals surface area contributed by atoms with Crippen molar-refractivity contribution in [2.75, 3.05) is 0 Å². The lowest BCUT2D eigenvalue weighted by atomic mass is 10.2. The van der Waals surface area contributed by atoms with E-state index in [1.54, 1.807) is 6.07 Å². The normalized spacial score (nSPS) is 11.1. The van der Waals surface area contributed by atoms with E-state index in [-0.39, 0.29) is 5.02 Å². The highest BCUT2D eigenvalue weighted by Crippen LogP contribution is 2.26. The third-order valence-corrected chi connectivity index (χ3v) is 3.86. The summed E-state index contributed by atoms with van der Waals surface area (Å²) in [4.78, 5) is 2.98.